The van der Waals surface area contributed by atoms with Crippen LogP contribution in [0, 0.1) is 0 Å². The molecule has 2 aliphatic rings. The minimum Gasteiger partial charge on any atom is -0.490 e. The predicted molar refractivity (Wildman–Crippen MR) is 88.4 cm³/mol. The maximum Gasteiger partial charge on any atom is 0.315 e. The fourth-order valence-corrected chi connectivity index (χ4v) is 3.27. The predicted octanol–water partition coefficient (Wildman–Crippen LogP) is 2.72. The van der Waals surface area contributed by atoms with Gasteiger partial charge in [-0.1, -0.05) is 31.0 Å². The van der Waals surface area contributed by atoms with Crippen LogP contribution in [0.4, 0.5) is 4.79 Å². The van der Waals surface area contributed by atoms with Gasteiger partial charge in [0.1, 0.15) is 5.75 Å². The molecule has 126 valence electrons. The van der Waals surface area contributed by atoms with Crippen LogP contribution in [0.2, 0.25) is 0 Å². The van der Waals surface area contributed by atoms with E-state index in [9.17, 15) is 9.90 Å². The summed E-state index contributed by atoms with van der Waals surface area (Å²) in [7, 11) is 0. The molecule has 5 nitrogen and oxygen atoms in total. The Morgan fingerprint density at radius 2 is 1.96 bits per heavy atom. The molecular weight excluding hydrogens is 292 g/mol. The van der Waals surface area contributed by atoms with Crippen LogP contribution in [0.1, 0.15) is 50.5 Å². The third-order valence-corrected chi connectivity index (χ3v) is 5.00. The summed E-state index contributed by atoms with van der Waals surface area (Å²) in [5.41, 5.74) is 0.547. The van der Waals surface area contributed by atoms with E-state index in [2.05, 4.69) is 10.6 Å². The molecule has 0 saturated heterocycles. The van der Waals surface area contributed by atoms with Crippen molar-refractivity contribution in [1.29, 1.82) is 0 Å². The van der Waals surface area contributed by atoms with Gasteiger partial charge in [0.05, 0.1) is 18.2 Å². The Bertz CT molecular complexity index is 537. The summed E-state index contributed by atoms with van der Waals surface area (Å²) in [5, 5.41) is 15.4. The van der Waals surface area contributed by atoms with E-state index in [4.69, 9.17) is 4.74 Å². The molecule has 2 fully saturated rings. The number of aliphatic hydroxyl groups excluding tert-OH is 1. The van der Waals surface area contributed by atoms with Crippen molar-refractivity contribution in [3.05, 3.63) is 29.8 Å². The van der Waals surface area contributed by atoms with Crippen LogP contribution in [-0.4, -0.2) is 29.4 Å². The number of hydrogen-bond donors (Lipinski definition) is 3. The average molecular weight is 318 g/mol. The van der Waals surface area contributed by atoms with Gasteiger partial charge >= 0.3 is 6.03 Å². The zero-order valence-corrected chi connectivity index (χ0v) is 13.5. The van der Waals surface area contributed by atoms with E-state index in [0.29, 0.717) is 12.6 Å². The Morgan fingerprint density at radius 3 is 2.61 bits per heavy atom. The summed E-state index contributed by atoms with van der Waals surface area (Å²) in [6.07, 6.45) is 7.58. The summed E-state index contributed by atoms with van der Waals surface area (Å²) in [6, 6.07) is 7.62. The van der Waals surface area contributed by atoms with Gasteiger partial charge in [0.15, 0.2) is 0 Å². The average Bonchev–Trinajstić information content (AvgIpc) is 2.99. The number of carbonyl (C=O) groups excluding carboxylic acids is 1. The van der Waals surface area contributed by atoms with Gasteiger partial charge in [-0.25, -0.2) is 4.79 Å². The van der Waals surface area contributed by atoms with Gasteiger partial charge < -0.3 is 20.5 Å². The fourth-order valence-electron chi connectivity index (χ4n) is 3.27. The Kier molecular flexibility index (Phi) is 5.06. The fraction of sp³-hybridized carbons (Fsp3) is 0.611. The van der Waals surface area contributed by atoms with Gasteiger partial charge in [0, 0.05) is 12.1 Å². The molecule has 2 saturated carbocycles. The molecule has 0 bridgehead atoms. The number of hydrogen-bond acceptors (Lipinski definition) is 3. The van der Waals surface area contributed by atoms with Gasteiger partial charge in [-0.15, -0.1) is 0 Å². The molecule has 2 amide bonds. The number of urea groups is 1. The SMILES string of the molecule is O=C(NCc1ccccc1OC1CCC1)NC1(CO)CCCC1. The van der Waals surface area contributed by atoms with Gasteiger partial charge in [-0.3, -0.25) is 0 Å². The second-order valence-corrected chi connectivity index (χ2v) is 6.73. The molecule has 2 aliphatic carbocycles. The smallest absolute Gasteiger partial charge is 0.315 e. The van der Waals surface area contributed by atoms with E-state index >= 15 is 0 Å². The first kappa shape index (κ1) is 16.1. The molecule has 3 N–H and O–H groups in total. The van der Waals surface area contributed by atoms with E-state index in [1.54, 1.807) is 0 Å². The summed E-state index contributed by atoms with van der Waals surface area (Å²) in [4.78, 5) is 12.2. The van der Waals surface area contributed by atoms with Crippen molar-refractivity contribution in [1.82, 2.24) is 10.6 Å². The molecular formula is C18H26N2O3. The van der Waals surface area contributed by atoms with Crippen LogP contribution < -0.4 is 15.4 Å². The lowest BCUT2D eigenvalue weighted by Gasteiger charge is -2.29. The lowest BCUT2D eigenvalue weighted by molar-refractivity contribution is 0.119. The van der Waals surface area contributed by atoms with Crippen molar-refractivity contribution in [2.45, 2.75) is 63.1 Å². The van der Waals surface area contributed by atoms with Crippen LogP contribution in [0.25, 0.3) is 0 Å². The molecule has 1 aromatic carbocycles. The molecule has 0 spiro atoms. The number of aliphatic hydroxyl groups is 1. The van der Waals surface area contributed by atoms with Crippen molar-refractivity contribution in [2.75, 3.05) is 6.61 Å². The monoisotopic (exact) mass is 318 g/mol. The van der Waals surface area contributed by atoms with Gasteiger partial charge in [-0.05, 0) is 38.2 Å². The lowest BCUT2D eigenvalue weighted by atomic mass is 9.96. The quantitative estimate of drug-likeness (QED) is 0.755. The maximum absolute atomic E-state index is 12.2. The highest BCUT2D eigenvalue weighted by atomic mass is 16.5. The number of nitrogens with one attached hydrogen (secondary N) is 2. The highest BCUT2D eigenvalue weighted by Gasteiger charge is 2.34. The first-order valence-electron chi connectivity index (χ1n) is 8.62. The topological polar surface area (TPSA) is 70.6 Å². The third kappa shape index (κ3) is 3.96. The zero-order chi connectivity index (χ0) is 16.1. The number of rotatable bonds is 6. The number of carbonyl (C=O) groups is 1. The number of benzene rings is 1. The van der Waals surface area contributed by atoms with Crippen LogP contribution in [-0.2, 0) is 6.54 Å². The molecule has 0 aromatic heterocycles. The van der Waals surface area contributed by atoms with Crippen molar-refractivity contribution in [3.63, 3.8) is 0 Å². The standard InChI is InChI=1S/C18H26N2O3/c21-13-18(10-3-4-11-18)20-17(22)19-12-14-6-1-2-9-16(14)23-15-7-5-8-15/h1-2,6,9,15,21H,3-5,7-8,10-13H2,(H2,19,20,22). The normalized spacial score (nSPS) is 19.9. The summed E-state index contributed by atoms with van der Waals surface area (Å²) >= 11 is 0. The number of amides is 2. The van der Waals surface area contributed by atoms with Gasteiger partial charge in [0.25, 0.3) is 0 Å². The van der Waals surface area contributed by atoms with Crippen molar-refractivity contribution in [2.24, 2.45) is 0 Å². The second kappa shape index (κ2) is 7.21. The summed E-state index contributed by atoms with van der Waals surface area (Å²) in [6.45, 7) is 0.429. The molecule has 0 unspecified atom stereocenters. The molecule has 0 aliphatic heterocycles. The second-order valence-electron chi connectivity index (χ2n) is 6.73. The molecule has 1 aromatic rings. The van der Waals surface area contributed by atoms with Crippen LogP contribution >= 0.6 is 0 Å². The van der Waals surface area contributed by atoms with E-state index in [-0.39, 0.29) is 12.6 Å². The molecule has 3 rings (SSSR count). The Morgan fingerprint density at radius 1 is 1.22 bits per heavy atom. The van der Waals surface area contributed by atoms with Crippen LogP contribution in [0.5, 0.6) is 5.75 Å². The Balaban J connectivity index is 1.54. The molecule has 0 radical (unpaired) electrons. The minimum absolute atomic E-state index is 0.00178. The van der Waals surface area contributed by atoms with Crippen molar-refractivity contribution in [3.8, 4) is 5.75 Å². The van der Waals surface area contributed by atoms with E-state index < -0.39 is 5.54 Å². The number of para-hydroxylation sites is 1. The van der Waals surface area contributed by atoms with Gasteiger partial charge in [0.2, 0.25) is 0 Å². The largest absolute Gasteiger partial charge is 0.490 e. The Labute approximate surface area is 137 Å². The molecule has 0 heterocycles. The summed E-state index contributed by atoms with van der Waals surface area (Å²) in [5.74, 6) is 0.857. The molecule has 0 atom stereocenters. The van der Waals surface area contributed by atoms with Crippen LogP contribution in [0.15, 0.2) is 24.3 Å². The first-order chi connectivity index (χ1) is 11.2. The van der Waals surface area contributed by atoms with E-state index in [1.807, 2.05) is 24.3 Å². The zero-order valence-electron chi connectivity index (χ0n) is 13.5. The molecule has 23 heavy (non-hydrogen) atoms. The van der Waals surface area contributed by atoms with Crippen molar-refractivity contribution >= 4 is 6.03 Å². The Hall–Kier alpha value is -1.75. The number of ether oxygens (including phenoxy) is 1. The maximum atomic E-state index is 12.2. The van der Waals surface area contributed by atoms with Gasteiger partial charge in [-0.2, -0.15) is 0 Å². The highest BCUT2D eigenvalue weighted by molar-refractivity contribution is 5.75. The third-order valence-electron chi connectivity index (χ3n) is 5.00. The lowest BCUT2D eigenvalue weighted by Crippen LogP contribution is -2.52. The van der Waals surface area contributed by atoms with E-state index in [0.717, 1.165) is 49.8 Å². The van der Waals surface area contributed by atoms with E-state index in [1.165, 1.54) is 6.42 Å². The minimum atomic E-state index is -0.438. The van der Waals surface area contributed by atoms with Crippen LogP contribution in [0.3, 0.4) is 0 Å². The summed E-state index contributed by atoms with van der Waals surface area (Å²) < 4.78 is 5.98. The molecule has 5 heteroatoms. The first-order valence-corrected chi connectivity index (χ1v) is 8.62. The van der Waals surface area contributed by atoms with Crippen molar-refractivity contribution < 1.29 is 14.6 Å². The highest BCUT2D eigenvalue weighted by Crippen LogP contribution is 2.29.